The van der Waals surface area contributed by atoms with Crippen LogP contribution in [0, 0.1) is 6.92 Å². The molecule has 4 aromatic heterocycles. The van der Waals surface area contributed by atoms with Gasteiger partial charge in [-0.1, -0.05) is 11.2 Å². The molecular formula is C21H20N6O2. The molecule has 1 fully saturated rings. The lowest BCUT2D eigenvalue weighted by atomic mass is 10.1. The second-order valence-corrected chi connectivity index (χ2v) is 7.22. The first kappa shape index (κ1) is 17.5. The molecule has 1 amide bonds. The third-order valence-electron chi connectivity index (χ3n) is 5.24. The van der Waals surface area contributed by atoms with E-state index in [0.29, 0.717) is 17.3 Å². The van der Waals surface area contributed by atoms with Crippen molar-refractivity contribution >= 4 is 11.4 Å². The number of carbonyl (C=O) groups is 1. The summed E-state index contributed by atoms with van der Waals surface area (Å²) in [5.41, 5.74) is 3.88. The standard InChI is InChI=1S/C21H20N6O2/c1-14-24-20(25-29-14)16-10-15(11-22-12-16)18-6-5-7-19-17(13-23-27(18)19)21(28)26-8-3-2-4-9-26/h5-7,10-13H,2-4,8-9H2,1H3. The minimum absolute atomic E-state index is 0.0472. The van der Waals surface area contributed by atoms with Gasteiger partial charge in [0.25, 0.3) is 5.91 Å². The molecule has 146 valence electrons. The second-order valence-electron chi connectivity index (χ2n) is 7.22. The highest BCUT2D eigenvalue weighted by atomic mass is 16.5. The summed E-state index contributed by atoms with van der Waals surface area (Å²) in [5.74, 6) is 1.04. The highest BCUT2D eigenvalue weighted by Crippen LogP contribution is 2.26. The van der Waals surface area contributed by atoms with E-state index in [2.05, 4.69) is 20.2 Å². The second kappa shape index (κ2) is 7.12. The topological polar surface area (TPSA) is 89.4 Å². The van der Waals surface area contributed by atoms with Crippen LogP contribution >= 0.6 is 0 Å². The zero-order valence-corrected chi connectivity index (χ0v) is 16.1. The van der Waals surface area contributed by atoms with Crippen molar-refractivity contribution in [1.29, 1.82) is 0 Å². The van der Waals surface area contributed by atoms with Crippen molar-refractivity contribution in [2.24, 2.45) is 0 Å². The number of hydrogen-bond acceptors (Lipinski definition) is 6. The third-order valence-corrected chi connectivity index (χ3v) is 5.24. The fourth-order valence-corrected chi connectivity index (χ4v) is 3.78. The molecule has 0 unspecified atom stereocenters. The van der Waals surface area contributed by atoms with E-state index in [0.717, 1.165) is 48.3 Å². The number of piperidine rings is 1. The zero-order chi connectivity index (χ0) is 19.8. The van der Waals surface area contributed by atoms with Crippen molar-refractivity contribution in [3.8, 4) is 22.6 Å². The Morgan fingerprint density at radius 2 is 1.90 bits per heavy atom. The van der Waals surface area contributed by atoms with E-state index in [1.807, 2.05) is 29.2 Å². The monoisotopic (exact) mass is 388 g/mol. The maximum Gasteiger partial charge on any atom is 0.257 e. The van der Waals surface area contributed by atoms with Crippen LogP contribution in [-0.4, -0.2) is 48.6 Å². The summed E-state index contributed by atoms with van der Waals surface area (Å²) >= 11 is 0. The van der Waals surface area contributed by atoms with Crippen molar-refractivity contribution in [1.82, 2.24) is 29.6 Å². The molecule has 1 aliphatic rings. The highest BCUT2D eigenvalue weighted by molar-refractivity contribution is 6.01. The van der Waals surface area contributed by atoms with Gasteiger partial charge in [-0.3, -0.25) is 9.78 Å². The first-order valence-corrected chi connectivity index (χ1v) is 9.73. The summed E-state index contributed by atoms with van der Waals surface area (Å²) in [4.78, 5) is 23.5. The normalized spacial score (nSPS) is 14.4. The summed E-state index contributed by atoms with van der Waals surface area (Å²) in [6.45, 7) is 3.37. The van der Waals surface area contributed by atoms with Gasteiger partial charge in [0.2, 0.25) is 11.7 Å². The van der Waals surface area contributed by atoms with E-state index in [1.54, 1.807) is 30.0 Å². The summed E-state index contributed by atoms with van der Waals surface area (Å²) in [7, 11) is 0. The quantitative estimate of drug-likeness (QED) is 0.534. The van der Waals surface area contributed by atoms with Gasteiger partial charge >= 0.3 is 0 Å². The van der Waals surface area contributed by atoms with Crippen molar-refractivity contribution in [3.05, 3.63) is 54.3 Å². The average molecular weight is 388 g/mol. The van der Waals surface area contributed by atoms with Crippen LogP contribution in [0.3, 0.4) is 0 Å². The van der Waals surface area contributed by atoms with E-state index in [4.69, 9.17) is 4.52 Å². The molecule has 0 N–H and O–H groups in total. The van der Waals surface area contributed by atoms with E-state index in [-0.39, 0.29) is 5.91 Å². The molecule has 1 saturated heterocycles. The van der Waals surface area contributed by atoms with Crippen LogP contribution in [-0.2, 0) is 0 Å². The molecule has 1 aliphatic heterocycles. The smallest absolute Gasteiger partial charge is 0.257 e. The van der Waals surface area contributed by atoms with Gasteiger partial charge in [-0.15, -0.1) is 0 Å². The first-order chi connectivity index (χ1) is 14.2. The van der Waals surface area contributed by atoms with Gasteiger partial charge in [0.1, 0.15) is 0 Å². The van der Waals surface area contributed by atoms with Crippen LogP contribution < -0.4 is 0 Å². The lowest BCUT2D eigenvalue weighted by Gasteiger charge is -2.26. The third kappa shape index (κ3) is 3.16. The maximum absolute atomic E-state index is 13.0. The van der Waals surface area contributed by atoms with Crippen LogP contribution in [0.5, 0.6) is 0 Å². The Bertz CT molecular complexity index is 1190. The number of rotatable bonds is 3. The van der Waals surface area contributed by atoms with Gasteiger partial charge in [-0.2, -0.15) is 10.1 Å². The Kier molecular flexibility index (Phi) is 4.31. The van der Waals surface area contributed by atoms with Gasteiger partial charge in [-0.25, -0.2) is 4.52 Å². The van der Waals surface area contributed by atoms with E-state index in [1.165, 1.54) is 6.42 Å². The Morgan fingerprint density at radius 1 is 1.07 bits per heavy atom. The number of nitrogens with zero attached hydrogens (tertiary/aromatic N) is 6. The summed E-state index contributed by atoms with van der Waals surface area (Å²) in [5, 5.41) is 8.47. The Labute approximate surface area is 167 Å². The predicted molar refractivity (Wildman–Crippen MR) is 106 cm³/mol. The molecule has 0 aromatic carbocycles. The largest absolute Gasteiger partial charge is 0.339 e. The molecule has 4 aromatic rings. The van der Waals surface area contributed by atoms with Gasteiger partial charge in [0.15, 0.2) is 0 Å². The van der Waals surface area contributed by atoms with Crippen molar-refractivity contribution in [2.75, 3.05) is 13.1 Å². The number of likely N-dealkylation sites (tertiary alicyclic amines) is 1. The number of fused-ring (bicyclic) bond motifs is 1. The van der Waals surface area contributed by atoms with Crippen LogP contribution in [0.2, 0.25) is 0 Å². The number of carbonyl (C=O) groups excluding carboxylic acids is 1. The molecule has 0 spiro atoms. The van der Waals surface area contributed by atoms with Crippen molar-refractivity contribution in [2.45, 2.75) is 26.2 Å². The molecule has 5 heterocycles. The number of aryl methyl sites for hydroxylation is 1. The fraction of sp³-hybridized carbons (Fsp3) is 0.286. The van der Waals surface area contributed by atoms with Crippen LogP contribution in [0.4, 0.5) is 0 Å². The molecule has 8 heteroatoms. The van der Waals surface area contributed by atoms with E-state index in [9.17, 15) is 4.79 Å². The number of hydrogen-bond donors (Lipinski definition) is 0. The zero-order valence-electron chi connectivity index (χ0n) is 16.1. The fourth-order valence-electron chi connectivity index (χ4n) is 3.78. The number of amides is 1. The molecule has 5 rings (SSSR count). The molecule has 0 bridgehead atoms. The number of pyridine rings is 2. The molecule has 29 heavy (non-hydrogen) atoms. The molecular weight excluding hydrogens is 368 g/mol. The Balaban J connectivity index is 1.55. The van der Waals surface area contributed by atoms with Crippen LogP contribution in [0.25, 0.3) is 28.2 Å². The summed E-state index contributed by atoms with van der Waals surface area (Å²) < 4.78 is 6.86. The van der Waals surface area contributed by atoms with E-state index < -0.39 is 0 Å². The summed E-state index contributed by atoms with van der Waals surface area (Å²) in [6.07, 6.45) is 8.43. The average Bonchev–Trinajstić information content (AvgIpc) is 3.40. The maximum atomic E-state index is 13.0. The Morgan fingerprint density at radius 3 is 2.69 bits per heavy atom. The van der Waals surface area contributed by atoms with Gasteiger partial charge in [0.05, 0.1) is 23.0 Å². The molecule has 0 radical (unpaired) electrons. The highest BCUT2D eigenvalue weighted by Gasteiger charge is 2.22. The first-order valence-electron chi connectivity index (χ1n) is 9.73. The van der Waals surface area contributed by atoms with Crippen LogP contribution in [0.15, 0.2) is 47.4 Å². The molecule has 0 atom stereocenters. The molecule has 0 aliphatic carbocycles. The lowest BCUT2D eigenvalue weighted by Crippen LogP contribution is -2.35. The molecule has 0 saturated carbocycles. The number of aromatic nitrogens is 5. The Hall–Kier alpha value is -3.55. The van der Waals surface area contributed by atoms with Crippen molar-refractivity contribution in [3.63, 3.8) is 0 Å². The van der Waals surface area contributed by atoms with Crippen LogP contribution in [0.1, 0.15) is 35.5 Å². The van der Waals surface area contributed by atoms with E-state index >= 15 is 0 Å². The predicted octanol–water partition coefficient (Wildman–Crippen LogP) is 3.38. The lowest BCUT2D eigenvalue weighted by molar-refractivity contribution is 0.0726. The summed E-state index contributed by atoms with van der Waals surface area (Å²) in [6, 6.07) is 7.76. The minimum atomic E-state index is 0.0472. The van der Waals surface area contributed by atoms with Gasteiger partial charge < -0.3 is 9.42 Å². The molecule has 8 nitrogen and oxygen atoms in total. The van der Waals surface area contributed by atoms with Crippen molar-refractivity contribution < 1.29 is 9.32 Å². The van der Waals surface area contributed by atoms with Gasteiger partial charge in [-0.05, 0) is 37.5 Å². The minimum Gasteiger partial charge on any atom is -0.339 e. The van der Waals surface area contributed by atoms with Gasteiger partial charge in [0, 0.05) is 43.5 Å². The SMILES string of the molecule is Cc1nc(-c2cncc(-c3cccc4c(C(=O)N5CCCCC5)cnn34)c2)no1.